The molecule has 1 atom stereocenters. The van der Waals surface area contributed by atoms with Crippen molar-refractivity contribution in [2.24, 2.45) is 0 Å². The van der Waals surface area contributed by atoms with Crippen LogP contribution in [-0.2, 0) is 11.0 Å². The van der Waals surface area contributed by atoms with Gasteiger partial charge in [-0.3, -0.25) is 4.79 Å². The van der Waals surface area contributed by atoms with Crippen LogP contribution in [0.2, 0.25) is 5.02 Å². The van der Waals surface area contributed by atoms with Gasteiger partial charge in [-0.05, 0) is 6.07 Å². The summed E-state index contributed by atoms with van der Waals surface area (Å²) in [7, 11) is 0. The third-order valence-corrected chi connectivity index (χ3v) is 3.20. The Morgan fingerprint density at radius 3 is 2.80 bits per heavy atom. The van der Waals surface area contributed by atoms with Gasteiger partial charge in [0, 0.05) is 25.8 Å². The zero-order valence-corrected chi connectivity index (χ0v) is 10.9. The Balaban J connectivity index is 2.23. The van der Waals surface area contributed by atoms with Crippen LogP contribution in [0.1, 0.15) is 5.56 Å². The zero-order valence-electron chi connectivity index (χ0n) is 10.1. The average Bonchev–Trinajstić information content (AvgIpc) is 2.37. The smallest absolute Gasteiger partial charge is 0.417 e. The average molecular weight is 310 g/mol. The van der Waals surface area contributed by atoms with Gasteiger partial charge < -0.3 is 15.3 Å². The van der Waals surface area contributed by atoms with Gasteiger partial charge in [-0.15, -0.1) is 0 Å². The first-order chi connectivity index (χ1) is 9.29. The molecule has 1 saturated heterocycles. The van der Waals surface area contributed by atoms with Crippen LogP contribution in [0, 0.1) is 0 Å². The van der Waals surface area contributed by atoms with Gasteiger partial charge >= 0.3 is 12.1 Å². The maximum atomic E-state index is 12.5. The Kier molecular flexibility index (Phi) is 4.05. The van der Waals surface area contributed by atoms with E-state index in [9.17, 15) is 18.0 Å². The molecule has 5 nitrogen and oxygen atoms in total. The summed E-state index contributed by atoms with van der Waals surface area (Å²) >= 11 is 5.82. The first-order valence-electron chi connectivity index (χ1n) is 5.73. The number of rotatable bonds is 2. The number of nitrogens with one attached hydrogen (secondary N) is 1. The summed E-state index contributed by atoms with van der Waals surface area (Å²) in [4.78, 5) is 16.2. The highest BCUT2D eigenvalue weighted by Crippen LogP contribution is 2.33. The van der Waals surface area contributed by atoms with E-state index in [1.54, 1.807) is 4.90 Å². The van der Waals surface area contributed by atoms with Gasteiger partial charge in [-0.1, -0.05) is 11.6 Å². The van der Waals surface area contributed by atoms with E-state index in [-0.39, 0.29) is 17.4 Å². The molecule has 0 saturated carbocycles. The predicted octanol–water partition coefficient (Wildman–Crippen LogP) is 1.62. The van der Waals surface area contributed by atoms with Crippen molar-refractivity contribution in [1.29, 1.82) is 0 Å². The van der Waals surface area contributed by atoms with Crippen LogP contribution in [0.15, 0.2) is 12.3 Å². The molecule has 1 aliphatic rings. The molecule has 9 heteroatoms. The number of aromatic nitrogens is 1. The zero-order chi connectivity index (χ0) is 14.9. The standard InChI is InChI=1S/C11H11ClF3N3O2/c12-7-3-6(11(13,14)15)4-17-9(7)18-2-1-16-8(5-18)10(19)20/h3-4,8,16H,1-2,5H2,(H,19,20)/t8-/m0/s1. The Hall–Kier alpha value is -1.54. The third-order valence-electron chi connectivity index (χ3n) is 2.92. The molecule has 0 spiro atoms. The summed E-state index contributed by atoms with van der Waals surface area (Å²) in [5.41, 5.74) is -0.934. The molecular formula is C11H11ClF3N3O2. The SMILES string of the molecule is O=C(O)[C@@H]1CN(c2ncc(C(F)(F)F)cc2Cl)CCN1. The summed E-state index contributed by atoms with van der Waals surface area (Å²) in [5.74, 6) is -0.870. The highest BCUT2D eigenvalue weighted by atomic mass is 35.5. The Morgan fingerprint density at radius 1 is 1.55 bits per heavy atom. The number of halogens is 4. The lowest BCUT2D eigenvalue weighted by molar-refractivity contribution is -0.139. The van der Waals surface area contributed by atoms with Crippen molar-refractivity contribution in [2.45, 2.75) is 12.2 Å². The maximum absolute atomic E-state index is 12.5. The molecule has 20 heavy (non-hydrogen) atoms. The monoisotopic (exact) mass is 309 g/mol. The second kappa shape index (κ2) is 5.45. The summed E-state index contributed by atoms with van der Waals surface area (Å²) < 4.78 is 37.5. The largest absolute Gasteiger partial charge is 0.480 e. The van der Waals surface area contributed by atoms with Crippen LogP contribution in [0.4, 0.5) is 19.0 Å². The number of anilines is 1. The Labute approximate surface area is 117 Å². The van der Waals surface area contributed by atoms with Gasteiger partial charge in [0.05, 0.1) is 10.6 Å². The molecule has 0 aliphatic carbocycles. The number of hydrogen-bond donors (Lipinski definition) is 2. The maximum Gasteiger partial charge on any atom is 0.417 e. The van der Waals surface area contributed by atoms with E-state index in [4.69, 9.17) is 16.7 Å². The topological polar surface area (TPSA) is 65.5 Å². The number of aliphatic carboxylic acids is 1. The highest BCUT2D eigenvalue weighted by Gasteiger charge is 2.33. The molecule has 0 bridgehead atoms. The molecule has 0 unspecified atom stereocenters. The van der Waals surface area contributed by atoms with Crippen molar-refractivity contribution in [1.82, 2.24) is 10.3 Å². The molecule has 1 fully saturated rings. The number of pyridine rings is 1. The molecule has 0 radical (unpaired) electrons. The van der Waals surface area contributed by atoms with Crippen molar-refractivity contribution in [3.05, 3.63) is 22.8 Å². The van der Waals surface area contributed by atoms with Crippen molar-refractivity contribution in [2.75, 3.05) is 24.5 Å². The Bertz CT molecular complexity index is 524. The lowest BCUT2D eigenvalue weighted by Crippen LogP contribution is -2.54. The predicted molar refractivity (Wildman–Crippen MR) is 65.9 cm³/mol. The number of alkyl halides is 3. The third kappa shape index (κ3) is 3.13. The van der Waals surface area contributed by atoms with Crippen LogP contribution >= 0.6 is 11.6 Å². The minimum absolute atomic E-state index is 0.0907. The van der Waals surface area contributed by atoms with Gasteiger partial charge in [0.2, 0.25) is 0 Å². The molecule has 1 aromatic rings. The molecule has 1 aromatic heterocycles. The Morgan fingerprint density at radius 2 is 2.25 bits per heavy atom. The van der Waals surface area contributed by atoms with Crippen LogP contribution in [0.5, 0.6) is 0 Å². The van der Waals surface area contributed by atoms with E-state index >= 15 is 0 Å². The fraction of sp³-hybridized carbons (Fsp3) is 0.455. The van der Waals surface area contributed by atoms with Crippen LogP contribution < -0.4 is 10.2 Å². The van der Waals surface area contributed by atoms with E-state index in [0.29, 0.717) is 19.3 Å². The number of hydrogen-bond acceptors (Lipinski definition) is 4. The van der Waals surface area contributed by atoms with E-state index in [2.05, 4.69) is 10.3 Å². The van der Waals surface area contributed by atoms with Crippen LogP contribution in [0.25, 0.3) is 0 Å². The van der Waals surface area contributed by atoms with E-state index < -0.39 is 23.8 Å². The lowest BCUT2D eigenvalue weighted by atomic mass is 10.2. The van der Waals surface area contributed by atoms with Crippen molar-refractivity contribution < 1.29 is 23.1 Å². The lowest BCUT2D eigenvalue weighted by Gasteiger charge is -2.33. The number of carboxylic acids is 1. The molecule has 1 aliphatic heterocycles. The fourth-order valence-corrected chi connectivity index (χ4v) is 2.21. The highest BCUT2D eigenvalue weighted by molar-refractivity contribution is 6.33. The quantitative estimate of drug-likeness (QED) is 0.869. The van der Waals surface area contributed by atoms with Crippen molar-refractivity contribution in [3.8, 4) is 0 Å². The van der Waals surface area contributed by atoms with Gasteiger partial charge in [-0.2, -0.15) is 13.2 Å². The molecule has 0 amide bonds. The first kappa shape index (κ1) is 14.9. The van der Waals surface area contributed by atoms with Gasteiger partial charge in [-0.25, -0.2) is 4.98 Å². The number of carbonyl (C=O) groups is 1. The van der Waals surface area contributed by atoms with Gasteiger partial charge in [0.25, 0.3) is 0 Å². The minimum Gasteiger partial charge on any atom is -0.480 e. The number of carboxylic acid groups (broad SMARTS) is 1. The summed E-state index contributed by atoms with van der Waals surface area (Å²) in [5, 5.41) is 11.6. The summed E-state index contributed by atoms with van der Waals surface area (Å²) in [6, 6.07) is -0.00859. The van der Waals surface area contributed by atoms with Crippen LogP contribution in [0.3, 0.4) is 0 Å². The van der Waals surface area contributed by atoms with Gasteiger partial charge in [0.15, 0.2) is 0 Å². The van der Waals surface area contributed by atoms with Crippen LogP contribution in [-0.4, -0.2) is 41.7 Å². The normalized spacial score (nSPS) is 20.0. The molecule has 2 heterocycles. The van der Waals surface area contributed by atoms with E-state index in [1.165, 1.54) is 0 Å². The van der Waals surface area contributed by atoms with Gasteiger partial charge in [0.1, 0.15) is 11.9 Å². The summed E-state index contributed by atoms with van der Waals surface area (Å²) in [6.45, 7) is 0.894. The molecule has 2 N–H and O–H groups in total. The second-order valence-corrected chi connectivity index (χ2v) is 4.73. The molecule has 0 aromatic carbocycles. The fourth-order valence-electron chi connectivity index (χ4n) is 1.93. The molecule has 2 rings (SSSR count). The van der Waals surface area contributed by atoms with E-state index in [0.717, 1.165) is 6.07 Å². The number of nitrogens with zero attached hydrogens (tertiary/aromatic N) is 2. The van der Waals surface area contributed by atoms with Crippen molar-refractivity contribution >= 4 is 23.4 Å². The van der Waals surface area contributed by atoms with Crippen molar-refractivity contribution in [3.63, 3.8) is 0 Å². The molecule has 110 valence electrons. The molecular weight excluding hydrogens is 299 g/mol. The number of piperazine rings is 1. The second-order valence-electron chi connectivity index (χ2n) is 4.32. The van der Waals surface area contributed by atoms with E-state index in [1.807, 2.05) is 0 Å². The first-order valence-corrected chi connectivity index (χ1v) is 6.10. The minimum atomic E-state index is -4.51. The summed E-state index contributed by atoms with van der Waals surface area (Å²) in [6.07, 6.45) is -3.82.